The molecule has 1 saturated carbocycles. The molecule has 82 valence electrons. The Labute approximate surface area is 85.2 Å². The summed E-state index contributed by atoms with van der Waals surface area (Å²) >= 11 is 0. The monoisotopic (exact) mass is 200 g/mol. The minimum absolute atomic E-state index is 0.325. The highest BCUT2D eigenvalue weighted by Gasteiger charge is 2.22. The van der Waals surface area contributed by atoms with Crippen LogP contribution in [0.25, 0.3) is 0 Å². The van der Waals surface area contributed by atoms with Crippen molar-refractivity contribution in [2.24, 2.45) is 11.7 Å². The van der Waals surface area contributed by atoms with Gasteiger partial charge in [0.25, 0.3) is 0 Å². The average molecular weight is 200 g/mol. The van der Waals surface area contributed by atoms with Crippen LogP contribution in [0.2, 0.25) is 0 Å². The topological polar surface area (TPSA) is 64.3 Å². The van der Waals surface area contributed by atoms with Crippen molar-refractivity contribution in [3.63, 3.8) is 0 Å². The first kappa shape index (κ1) is 11.5. The number of nitrogens with two attached hydrogens (primary N) is 1. The van der Waals surface area contributed by atoms with Crippen molar-refractivity contribution in [2.45, 2.75) is 32.2 Å². The third kappa shape index (κ3) is 4.58. The third-order valence-electron chi connectivity index (χ3n) is 2.32. The second-order valence-electron chi connectivity index (χ2n) is 3.89. The van der Waals surface area contributed by atoms with Crippen LogP contribution in [-0.2, 0) is 9.53 Å². The van der Waals surface area contributed by atoms with Gasteiger partial charge in [0, 0.05) is 6.61 Å². The molecule has 0 heterocycles. The number of hydrogen-bond donors (Lipinski definition) is 2. The van der Waals surface area contributed by atoms with Gasteiger partial charge in [0.05, 0.1) is 6.61 Å². The van der Waals surface area contributed by atoms with Crippen molar-refractivity contribution >= 4 is 5.91 Å². The predicted molar refractivity (Wildman–Crippen MR) is 54.8 cm³/mol. The Kier molecular flexibility index (Phi) is 4.90. The molecule has 0 aromatic heterocycles. The SMILES string of the molecule is CCCNC(COCC1CC1)C(N)=O. The Morgan fingerprint density at radius 2 is 2.36 bits per heavy atom. The fourth-order valence-electron chi connectivity index (χ4n) is 1.20. The van der Waals surface area contributed by atoms with Gasteiger partial charge in [-0.3, -0.25) is 4.79 Å². The largest absolute Gasteiger partial charge is 0.379 e. The van der Waals surface area contributed by atoms with Gasteiger partial charge in [-0.2, -0.15) is 0 Å². The first-order valence-corrected chi connectivity index (χ1v) is 5.34. The van der Waals surface area contributed by atoms with E-state index in [0.29, 0.717) is 6.61 Å². The van der Waals surface area contributed by atoms with E-state index in [0.717, 1.165) is 25.5 Å². The Morgan fingerprint density at radius 3 is 2.86 bits per heavy atom. The second-order valence-corrected chi connectivity index (χ2v) is 3.89. The molecule has 1 unspecified atom stereocenters. The Hall–Kier alpha value is -0.610. The fraction of sp³-hybridized carbons (Fsp3) is 0.900. The summed E-state index contributed by atoms with van der Waals surface area (Å²) in [7, 11) is 0. The van der Waals surface area contributed by atoms with Crippen molar-refractivity contribution < 1.29 is 9.53 Å². The van der Waals surface area contributed by atoms with E-state index < -0.39 is 0 Å². The van der Waals surface area contributed by atoms with Crippen LogP contribution in [0.3, 0.4) is 0 Å². The molecule has 0 bridgehead atoms. The molecule has 4 heteroatoms. The first-order valence-electron chi connectivity index (χ1n) is 5.34. The summed E-state index contributed by atoms with van der Waals surface area (Å²) in [6, 6.07) is -0.325. The van der Waals surface area contributed by atoms with E-state index in [9.17, 15) is 4.79 Å². The van der Waals surface area contributed by atoms with Crippen LogP contribution in [0.5, 0.6) is 0 Å². The molecule has 0 aromatic carbocycles. The predicted octanol–water partition coefficient (Wildman–Crippen LogP) is 0.267. The Morgan fingerprint density at radius 1 is 1.64 bits per heavy atom. The van der Waals surface area contributed by atoms with Gasteiger partial charge in [-0.05, 0) is 31.7 Å². The zero-order valence-electron chi connectivity index (χ0n) is 8.79. The molecule has 0 aliphatic heterocycles. The molecule has 1 rings (SSSR count). The normalized spacial score (nSPS) is 18.1. The molecule has 3 N–H and O–H groups in total. The standard InChI is InChI=1S/C10H20N2O2/c1-2-5-12-9(10(11)13)7-14-6-8-3-4-8/h8-9,12H,2-7H2,1H3,(H2,11,13). The van der Waals surface area contributed by atoms with E-state index in [1.807, 2.05) is 0 Å². The third-order valence-corrected chi connectivity index (χ3v) is 2.32. The fourth-order valence-corrected chi connectivity index (χ4v) is 1.20. The lowest BCUT2D eigenvalue weighted by atomic mass is 10.3. The highest BCUT2D eigenvalue weighted by molar-refractivity contribution is 5.79. The highest BCUT2D eigenvalue weighted by atomic mass is 16.5. The molecule has 0 spiro atoms. The first-order chi connectivity index (χ1) is 6.74. The van der Waals surface area contributed by atoms with Gasteiger partial charge in [-0.25, -0.2) is 0 Å². The van der Waals surface area contributed by atoms with Crippen molar-refractivity contribution in [1.29, 1.82) is 0 Å². The van der Waals surface area contributed by atoms with E-state index in [1.54, 1.807) is 0 Å². The minimum atomic E-state index is -0.325. The zero-order valence-corrected chi connectivity index (χ0v) is 8.79. The van der Waals surface area contributed by atoms with Gasteiger partial charge in [0.15, 0.2) is 0 Å². The van der Waals surface area contributed by atoms with Crippen LogP contribution in [0.1, 0.15) is 26.2 Å². The van der Waals surface area contributed by atoms with Crippen LogP contribution in [0, 0.1) is 5.92 Å². The van der Waals surface area contributed by atoms with Gasteiger partial charge in [-0.1, -0.05) is 6.92 Å². The van der Waals surface area contributed by atoms with Crippen LogP contribution in [0.4, 0.5) is 0 Å². The van der Waals surface area contributed by atoms with Gasteiger partial charge < -0.3 is 15.8 Å². The maximum absolute atomic E-state index is 11.0. The molecule has 1 atom stereocenters. The summed E-state index contributed by atoms with van der Waals surface area (Å²) in [5.41, 5.74) is 5.23. The lowest BCUT2D eigenvalue weighted by molar-refractivity contribution is -0.121. The lowest BCUT2D eigenvalue weighted by Crippen LogP contribution is -2.45. The quantitative estimate of drug-likeness (QED) is 0.591. The molecule has 1 fully saturated rings. The van der Waals surface area contributed by atoms with Gasteiger partial charge in [-0.15, -0.1) is 0 Å². The maximum Gasteiger partial charge on any atom is 0.236 e. The second kappa shape index (κ2) is 5.98. The number of carbonyl (C=O) groups excluding carboxylic acids is 1. The number of rotatable bonds is 8. The van der Waals surface area contributed by atoms with Gasteiger partial charge >= 0.3 is 0 Å². The molecule has 0 aromatic rings. The van der Waals surface area contributed by atoms with Crippen molar-refractivity contribution in [3.8, 4) is 0 Å². The summed E-state index contributed by atoms with van der Waals surface area (Å²) in [5, 5.41) is 3.06. The average Bonchev–Trinajstić information content (AvgIpc) is 2.94. The number of primary amides is 1. The number of ether oxygens (including phenoxy) is 1. The molecule has 1 aliphatic carbocycles. The number of carbonyl (C=O) groups is 1. The molecule has 4 nitrogen and oxygen atoms in total. The van der Waals surface area contributed by atoms with Crippen LogP contribution in [-0.4, -0.2) is 31.7 Å². The molecule has 0 radical (unpaired) electrons. The number of nitrogens with one attached hydrogen (secondary N) is 1. The lowest BCUT2D eigenvalue weighted by Gasteiger charge is -2.14. The van der Waals surface area contributed by atoms with Crippen LogP contribution in [0.15, 0.2) is 0 Å². The van der Waals surface area contributed by atoms with E-state index >= 15 is 0 Å². The number of amides is 1. The van der Waals surface area contributed by atoms with Crippen molar-refractivity contribution in [1.82, 2.24) is 5.32 Å². The summed E-state index contributed by atoms with van der Waals surface area (Å²) in [6.45, 7) is 4.04. The summed E-state index contributed by atoms with van der Waals surface area (Å²) < 4.78 is 5.41. The summed E-state index contributed by atoms with van der Waals surface area (Å²) in [5.74, 6) is 0.406. The smallest absolute Gasteiger partial charge is 0.236 e. The molecular weight excluding hydrogens is 180 g/mol. The number of hydrogen-bond acceptors (Lipinski definition) is 3. The van der Waals surface area contributed by atoms with Crippen molar-refractivity contribution in [2.75, 3.05) is 19.8 Å². The Bertz CT molecular complexity index is 181. The molecular formula is C10H20N2O2. The molecule has 0 saturated heterocycles. The zero-order chi connectivity index (χ0) is 10.4. The van der Waals surface area contributed by atoms with Crippen LogP contribution < -0.4 is 11.1 Å². The maximum atomic E-state index is 11.0. The minimum Gasteiger partial charge on any atom is -0.379 e. The van der Waals surface area contributed by atoms with Crippen molar-refractivity contribution in [3.05, 3.63) is 0 Å². The summed E-state index contributed by atoms with van der Waals surface area (Å²) in [4.78, 5) is 11.0. The highest BCUT2D eigenvalue weighted by Crippen LogP contribution is 2.28. The summed E-state index contributed by atoms with van der Waals surface area (Å²) in [6.07, 6.45) is 3.53. The van der Waals surface area contributed by atoms with E-state index in [-0.39, 0.29) is 11.9 Å². The van der Waals surface area contributed by atoms with Gasteiger partial charge in [0.2, 0.25) is 5.91 Å². The molecule has 1 amide bonds. The molecule has 1 aliphatic rings. The van der Waals surface area contributed by atoms with E-state index in [4.69, 9.17) is 10.5 Å². The van der Waals surface area contributed by atoms with Gasteiger partial charge in [0.1, 0.15) is 6.04 Å². The van der Waals surface area contributed by atoms with E-state index in [1.165, 1.54) is 12.8 Å². The molecule has 14 heavy (non-hydrogen) atoms. The Balaban J connectivity index is 2.09. The van der Waals surface area contributed by atoms with Crippen LogP contribution >= 0.6 is 0 Å². The van der Waals surface area contributed by atoms with E-state index in [2.05, 4.69) is 12.2 Å².